The van der Waals surface area contributed by atoms with E-state index in [2.05, 4.69) is 19.2 Å². The zero-order valence-electron chi connectivity index (χ0n) is 53.6. The molecule has 0 aromatic rings. The molecule has 0 aromatic heterocycles. The quantitative estimate of drug-likeness (QED) is 0.0330. The van der Waals surface area contributed by atoms with Crippen LogP contribution in [0.25, 0.3) is 0 Å². The molecule has 0 bridgehead atoms. The van der Waals surface area contributed by atoms with Crippen molar-refractivity contribution in [2.45, 2.75) is 436 Å². The van der Waals surface area contributed by atoms with Gasteiger partial charge in [-0.1, -0.05) is 373 Å². The number of hydrogen-bond acceptors (Lipinski definition) is 8. The van der Waals surface area contributed by atoms with E-state index in [0.717, 1.165) is 38.5 Å². The minimum atomic E-state index is -1.55. The van der Waals surface area contributed by atoms with Crippen molar-refractivity contribution in [3.05, 3.63) is 0 Å². The number of carbonyl (C=O) groups is 1. The van der Waals surface area contributed by atoms with Crippen LogP contribution in [0.2, 0.25) is 0 Å². The highest BCUT2D eigenvalue weighted by molar-refractivity contribution is 5.76. The lowest BCUT2D eigenvalue weighted by Gasteiger charge is -2.40. The first kappa shape index (κ1) is 77.2. The number of carbonyl (C=O) groups excluding carboxylic acids is 1. The Morgan fingerprint density at radius 1 is 0.375 bits per heavy atom. The van der Waals surface area contributed by atoms with E-state index in [9.17, 15) is 30.3 Å². The lowest BCUT2D eigenvalue weighted by molar-refractivity contribution is -0.302. The molecule has 0 saturated carbocycles. The summed E-state index contributed by atoms with van der Waals surface area (Å²) in [6.07, 6.45) is 70.5. The van der Waals surface area contributed by atoms with E-state index >= 15 is 0 Å². The molecule has 1 aliphatic heterocycles. The maximum Gasteiger partial charge on any atom is 0.220 e. The molecular formula is C71H141NO8. The fraction of sp³-hybridized carbons (Fsp3) is 0.986. The molecule has 1 aliphatic rings. The molecule has 1 saturated heterocycles. The topological polar surface area (TPSA) is 149 Å². The van der Waals surface area contributed by atoms with Gasteiger partial charge in [0.2, 0.25) is 5.91 Å². The van der Waals surface area contributed by atoms with Gasteiger partial charge in [0.25, 0.3) is 0 Å². The zero-order chi connectivity index (χ0) is 57.9. The number of ether oxygens (including phenoxy) is 2. The summed E-state index contributed by atoms with van der Waals surface area (Å²) >= 11 is 0. The normalized spacial score (nSPS) is 18.3. The van der Waals surface area contributed by atoms with Crippen LogP contribution in [0.1, 0.15) is 393 Å². The van der Waals surface area contributed by atoms with E-state index in [1.54, 1.807) is 0 Å². The third-order valence-corrected chi connectivity index (χ3v) is 18.0. The monoisotopic (exact) mass is 1140 g/mol. The number of aliphatic hydroxyl groups excluding tert-OH is 5. The van der Waals surface area contributed by atoms with Gasteiger partial charge in [-0.15, -0.1) is 0 Å². The predicted molar refractivity (Wildman–Crippen MR) is 341 cm³/mol. The van der Waals surface area contributed by atoms with E-state index in [4.69, 9.17) is 9.47 Å². The van der Waals surface area contributed by atoms with Gasteiger partial charge in [0, 0.05) is 6.42 Å². The van der Waals surface area contributed by atoms with Crippen LogP contribution in [-0.4, -0.2) is 87.5 Å². The van der Waals surface area contributed by atoms with E-state index in [1.807, 2.05) is 0 Å². The summed E-state index contributed by atoms with van der Waals surface area (Å²) in [7, 11) is 0. The molecule has 80 heavy (non-hydrogen) atoms. The molecule has 1 heterocycles. The SMILES string of the molecule is CCCCCCCCCCCCCCCCCCCCCCCCCCCCCCCCCCCCCCCC(=O)NC(COC1OC(CO)C(O)C(O)C1O)C(O)CCCCCCCCCCCCCCCCCCCCCC. The highest BCUT2D eigenvalue weighted by Gasteiger charge is 2.44. The van der Waals surface area contributed by atoms with E-state index in [-0.39, 0.29) is 12.5 Å². The summed E-state index contributed by atoms with van der Waals surface area (Å²) in [5.41, 5.74) is 0. The molecule has 9 nitrogen and oxygen atoms in total. The molecule has 1 amide bonds. The number of aliphatic hydroxyl groups is 5. The number of nitrogens with one attached hydrogen (secondary N) is 1. The molecule has 7 unspecified atom stereocenters. The molecule has 6 N–H and O–H groups in total. The fourth-order valence-corrected chi connectivity index (χ4v) is 12.3. The van der Waals surface area contributed by atoms with Gasteiger partial charge in [0.05, 0.1) is 25.4 Å². The fourth-order valence-electron chi connectivity index (χ4n) is 12.3. The first-order valence-electron chi connectivity index (χ1n) is 36.2. The van der Waals surface area contributed by atoms with Crippen molar-refractivity contribution < 1.29 is 39.8 Å². The van der Waals surface area contributed by atoms with Gasteiger partial charge in [0.1, 0.15) is 24.4 Å². The van der Waals surface area contributed by atoms with Crippen molar-refractivity contribution in [2.75, 3.05) is 13.2 Å². The van der Waals surface area contributed by atoms with Crippen LogP contribution in [0.4, 0.5) is 0 Å². The number of amides is 1. The first-order valence-corrected chi connectivity index (χ1v) is 36.2. The van der Waals surface area contributed by atoms with Crippen LogP contribution in [0.5, 0.6) is 0 Å². The first-order chi connectivity index (χ1) is 39.3. The number of unbranched alkanes of at least 4 members (excludes halogenated alkanes) is 55. The van der Waals surface area contributed by atoms with E-state index in [1.165, 1.54) is 327 Å². The minimum Gasteiger partial charge on any atom is -0.394 e. The van der Waals surface area contributed by atoms with Crippen LogP contribution in [0.15, 0.2) is 0 Å². The lowest BCUT2D eigenvalue weighted by atomic mass is 9.99. The van der Waals surface area contributed by atoms with Gasteiger partial charge >= 0.3 is 0 Å². The van der Waals surface area contributed by atoms with Crippen molar-refractivity contribution in [1.29, 1.82) is 0 Å². The Morgan fingerprint density at radius 3 is 0.887 bits per heavy atom. The molecule has 9 heteroatoms. The van der Waals surface area contributed by atoms with Crippen LogP contribution < -0.4 is 5.32 Å². The number of hydrogen-bond donors (Lipinski definition) is 6. The average Bonchev–Trinajstić information content (AvgIpc) is 3.46. The second-order valence-corrected chi connectivity index (χ2v) is 25.8. The molecule has 478 valence electrons. The van der Waals surface area contributed by atoms with Gasteiger partial charge < -0.3 is 40.3 Å². The summed E-state index contributed by atoms with van der Waals surface area (Å²) in [5.74, 6) is -0.133. The molecule has 1 fully saturated rings. The molecule has 0 aromatic carbocycles. The summed E-state index contributed by atoms with van der Waals surface area (Å²) in [6, 6.07) is -0.715. The standard InChI is InChI=1S/C71H141NO8/c1-3-5-7-9-11-13-15-17-19-21-23-25-26-27-28-29-30-31-32-33-34-35-36-37-38-39-40-41-43-45-47-49-51-53-55-57-59-61-67(75)72-64(63-79-71-70(78)69(77)68(76)66(62-73)80-71)65(74)60-58-56-54-52-50-48-46-44-42-24-22-20-18-16-14-12-10-8-6-4-2/h64-66,68-71,73-74,76-78H,3-63H2,1-2H3,(H,72,75). The lowest BCUT2D eigenvalue weighted by Crippen LogP contribution is -2.60. The molecule has 0 aliphatic carbocycles. The maximum absolute atomic E-state index is 13.1. The summed E-state index contributed by atoms with van der Waals surface area (Å²) in [5, 5.41) is 54.9. The summed E-state index contributed by atoms with van der Waals surface area (Å²) in [6.45, 7) is 3.91. The van der Waals surface area contributed by atoms with Crippen LogP contribution in [0, 0.1) is 0 Å². The van der Waals surface area contributed by atoms with Gasteiger partial charge in [0.15, 0.2) is 6.29 Å². The Balaban J connectivity index is 2.03. The molecule has 0 radical (unpaired) electrons. The summed E-state index contributed by atoms with van der Waals surface area (Å²) < 4.78 is 11.4. The summed E-state index contributed by atoms with van der Waals surface area (Å²) in [4.78, 5) is 13.1. The van der Waals surface area contributed by atoms with Crippen molar-refractivity contribution >= 4 is 5.91 Å². The van der Waals surface area contributed by atoms with Crippen molar-refractivity contribution in [1.82, 2.24) is 5.32 Å². The van der Waals surface area contributed by atoms with Gasteiger partial charge in [-0.05, 0) is 12.8 Å². The van der Waals surface area contributed by atoms with Crippen LogP contribution in [-0.2, 0) is 14.3 Å². The van der Waals surface area contributed by atoms with Gasteiger partial charge in [-0.3, -0.25) is 4.79 Å². The van der Waals surface area contributed by atoms with Crippen molar-refractivity contribution in [3.63, 3.8) is 0 Å². The van der Waals surface area contributed by atoms with Crippen molar-refractivity contribution in [2.24, 2.45) is 0 Å². The highest BCUT2D eigenvalue weighted by atomic mass is 16.7. The molecule has 7 atom stereocenters. The second-order valence-electron chi connectivity index (χ2n) is 25.8. The van der Waals surface area contributed by atoms with Crippen LogP contribution >= 0.6 is 0 Å². The number of rotatable bonds is 65. The van der Waals surface area contributed by atoms with Crippen molar-refractivity contribution in [3.8, 4) is 0 Å². The average molecular weight is 1140 g/mol. The van der Waals surface area contributed by atoms with E-state index < -0.39 is 49.5 Å². The smallest absolute Gasteiger partial charge is 0.220 e. The Labute approximate surface area is 497 Å². The third-order valence-electron chi connectivity index (χ3n) is 18.0. The van der Waals surface area contributed by atoms with E-state index in [0.29, 0.717) is 12.8 Å². The molecule has 0 spiro atoms. The van der Waals surface area contributed by atoms with Gasteiger partial charge in [-0.2, -0.15) is 0 Å². The molecule has 1 rings (SSSR count). The zero-order valence-corrected chi connectivity index (χ0v) is 53.6. The predicted octanol–water partition coefficient (Wildman–Crippen LogP) is 19.7. The maximum atomic E-state index is 13.1. The Kier molecular flexibility index (Phi) is 59.1. The third kappa shape index (κ3) is 49.5. The highest BCUT2D eigenvalue weighted by Crippen LogP contribution is 2.24. The largest absolute Gasteiger partial charge is 0.394 e. The molecular weight excluding hydrogens is 995 g/mol. The Hall–Kier alpha value is -0.810. The Bertz CT molecular complexity index is 1220. The van der Waals surface area contributed by atoms with Crippen LogP contribution in [0.3, 0.4) is 0 Å². The Morgan fingerprint density at radius 2 is 0.625 bits per heavy atom. The second kappa shape index (κ2) is 61.3. The minimum absolute atomic E-state index is 0.130. The van der Waals surface area contributed by atoms with Gasteiger partial charge in [-0.25, -0.2) is 0 Å².